The number of morpholine rings is 1. The van der Waals surface area contributed by atoms with Crippen molar-refractivity contribution in [2.45, 2.75) is 38.4 Å². The van der Waals surface area contributed by atoms with E-state index < -0.39 is 6.10 Å². The van der Waals surface area contributed by atoms with Gasteiger partial charge >= 0.3 is 0 Å². The van der Waals surface area contributed by atoms with E-state index in [-0.39, 0.29) is 17.4 Å². The van der Waals surface area contributed by atoms with E-state index in [1.165, 1.54) is 0 Å². The van der Waals surface area contributed by atoms with Gasteiger partial charge in [-0.2, -0.15) is 0 Å². The molecule has 1 amide bonds. The Bertz CT molecular complexity index is 535. The first kappa shape index (κ1) is 17.2. The normalized spacial score (nSPS) is 21.7. The Labute approximate surface area is 144 Å². The van der Waals surface area contributed by atoms with Crippen molar-refractivity contribution in [2.75, 3.05) is 32.8 Å². The molecule has 2 aliphatic heterocycles. The largest absolute Gasteiger partial charge is 0.480 e. The van der Waals surface area contributed by atoms with E-state index in [9.17, 15) is 4.79 Å². The van der Waals surface area contributed by atoms with Crippen LogP contribution in [0.1, 0.15) is 26.7 Å². The van der Waals surface area contributed by atoms with Crippen molar-refractivity contribution in [1.82, 2.24) is 10.2 Å². The lowest BCUT2D eigenvalue weighted by atomic mass is 9.90. The minimum absolute atomic E-state index is 0.0788. The molecular weight excluding hydrogens is 304 g/mol. The lowest BCUT2D eigenvalue weighted by Crippen LogP contribution is -2.59. The van der Waals surface area contributed by atoms with Gasteiger partial charge in [0, 0.05) is 13.1 Å². The van der Waals surface area contributed by atoms with Crippen LogP contribution in [0.4, 0.5) is 0 Å². The third kappa shape index (κ3) is 3.90. The van der Waals surface area contributed by atoms with Crippen LogP contribution >= 0.6 is 0 Å². The number of hydrogen-bond acceptors (Lipinski definition) is 4. The summed E-state index contributed by atoms with van der Waals surface area (Å²) >= 11 is 0. The van der Waals surface area contributed by atoms with Crippen LogP contribution in [0.25, 0.3) is 0 Å². The molecule has 24 heavy (non-hydrogen) atoms. The minimum atomic E-state index is -0.454. The first-order valence-electron chi connectivity index (χ1n) is 8.95. The van der Waals surface area contributed by atoms with Crippen molar-refractivity contribution in [3.8, 4) is 5.75 Å². The summed E-state index contributed by atoms with van der Waals surface area (Å²) in [6.07, 6.45) is 1.47. The summed E-state index contributed by atoms with van der Waals surface area (Å²) in [6.45, 7) is 7.91. The Balaban J connectivity index is 1.70. The molecule has 0 unspecified atom stereocenters. The smallest absolute Gasteiger partial charge is 0.264 e. The number of nitrogens with zero attached hydrogens (tertiary/aromatic N) is 1. The van der Waals surface area contributed by atoms with Gasteiger partial charge in [0.25, 0.3) is 5.91 Å². The Hall–Kier alpha value is -1.59. The summed E-state index contributed by atoms with van der Waals surface area (Å²) in [5, 5.41) is 3.37. The molecule has 1 atom stereocenters. The maximum Gasteiger partial charge on any atom is 0.264 e. The fourth-order valence-corrected chi connectivity index (χ4v) is 3.52. The standard InChI is InChI=1S/C19H28N2O3/c1-15(2)17(24-16-6-4-3-5-7-16)18(22)21-12-13-23-19(14-21)8-10-20-11-9-19/h3-7,15,17,20H,8-14H2,1-2H3/t17-/m1/s1. The number of carbonyl (C=O) groups is 1. The summed E-state index contributed by atoms with van der Waals surface area (Å²) in [7, 11) is 0. The van der Waals surface area contributed by atoms with E-state index in [0.29, 0.717) is 19.7 Å². The van der Waals surface area contributed by atoms with Gasteiger partial charge in [0.15, 0.2) is 6.10 Å². The zero-order chi connectivity index (χ0) is 17.0. The van der Waals surface area contributed by atoms with Crippen LogP contribution < -0.4 is 10.1 Å². The first-order valence-corrected chi connectivity index (χ1v) is 8.95. The zero-order valence-electron chi connectivity index (χ0n) is 14.7. The predicted octanol–water partition coefficient (Wildman–Crippen LogP) is 2.07. The number of nitrogens with one attached hydrogen (secondary N) is 1. The molecule has 1 N–H and O–H groups in total. The highest BCUT2D eigenvalue weighted by Gasteiger charge is 2.41. The molecule has 1 spiro atoms. The molecule has 3 rings (SSSR count). The van der Waals surface area contributed by atoms with Crippen LogP contribution in [-0.2, 0) is 9.53 Å². The number of benzene rings is 1. The van der Waals surface area contributed by atoms with E-state index in [1.54, 1.807) is 0 Å². The number of amides is 1. The van der Waals surface area contributed by atoms with Gasteiger partial charge in [0.05, 0.1) is 12.2 Å². The molecule has 0 bridgehead atoms. The number of hydrogen-bond donors (Lipinski definition) is 1. The molecule has 1 aromatic rings. The molecule has 2 saturated heterocycles. The van der Waals surface area contributed by atoms with Crippen LogP contribution in [0.3, 0.4) is 0 Å². The SMILES string of the molecule is CC(C)[C@@H](Oc1ccccc1)C(=O)N1CCOC2(CCNCC2)C1. The highest BCUT2D eigenvalue weighted by Crippen LogP contribution is 2.28. The number of piperidine rings is 1. The predicted molar refractivity (Wildman–Crippen MR) is 93.1 cm³/mol. The average Bonchev–Trinajstić information content (AvgIpc) is 2.60. The van der Waals surface area contributed by atoms with Gasteiger partial charge in [-0.25, -0.2) is 0 Å². The Morgan fingerprint density at radius 3 is 2.62 bits per heavy atom. The van der Waals surface area contributed by atoms with Gasteiger partial charge < -0.3 is 19.7 Å². The van der Waals surface area contributed by atoms with Gasteiger partial charge in [-0.15, -0.1) is 0 Å². The van der Waals surface area contributed by atoms with Crippen LogP contribution in [0, 0.1) is 5.92 Å². The summed E-state index contributed by atoms with van der Waals surface area (Å²) in [6, 6.07) is 9.60. The average molecular weight is 332 g/mol. The second-order valence-corrected chi connectivity index (χ2v) is 7.14. The highest BCUT2D eigenvalue weighted by atomic mass is 16.5. The van der Waals surface area contributed by atoms with Crippen LogP contribution in [0.5, 0.6) is 5.75 Å². The first-order chi connectivity index (χ1) is 11.6. The maximum absolute atomic E-state index is 13.1. The summed E-state index contributed by atoms with van der Waals surface area (Å²) in [4.78, 5) is 15.0. The van der Waals surface area contributed by atoms with Gasteiger partial charge in [0.1, 0.15) is 5.75 Å². The van der Waals surface area contributed by atoms with Crippen molar-refractivity contribution in [2.24, 2.45) is 5.92 Å². The summed E-state index contributed by atoms with van der Waals surface area (Å²) < 4.78 is 12.1. The fraction of sp³-hybridized carbons (Fsp3) is 0.632. The Morgan fingerprint density at radius 1 is 1.25 bits per heavy atom. The number of rotatable bonds is 4. The second kappa shape index (κ2) is 7.53. The zero-order valence-corrected chi connectivity index (χ0v) is 14.7. The summed E-state index contributed by atoms with van der Waals surface area (Å²) in [5.41, 5.74) is -0.173. The van der Waals surface area contributed by atoms with Gasteiger partial charge in [-0.05, 0) is 44.0 Å². The molecule has 0 saturated carbocycles. The molecular formula is C19H28N2O3. The molecule has 2 heterocycles. The monoisotopic (exact) mass is 332 g/mol. The molecule has 5 heteroatoms. The molecule has 1 aromatic carbocycles. The lowest BCUT2D eigenvalue weighted by Gasteiger charge is -2.45. The third-order valence-electron chi connectivity index (χ3n) is 4.93. The molecule has 0 aromatic heterocycles. The van der Waals surface area contributed by atoms with E-state index in [1.807, 2.05) is 49.1 Å². The van der Waals surface area contributed by atoms with Crippen LogP contribution in [0.15, 0.2) is 30.3 Å². The minimum Gasteiger partial charge on any atom is -0.480 e. The quantitative estimate of drug-likeness (QED) is 0.917. The van der Waals surface area contributed by atoms with E-state index >= 15 is 0 Å². The van der Waals surface area contributed by atoms with Crippen molar-refractivity contribution in [3.05, 3.63) is 30.3 Å². The van der Waals surface area contributed by atoms with Crippen molar-refractivity contribution < 1.29 is 14.3 Å². The number of ether oxygens (including phenoxy) is 2. The van der Waals surface area contributed by atoms with E-state index in [0.717, 1.165) is 31.7 Å². The second-order valence-electron chi connectivity index (χ2n) is 7.14. The molecule has 132 valence electrons. The van der Waals surface area contributed by atoms with E-state index in [2.05, 4.69) is 5.32 Å². The topological polar surface area (TPSA) is 50.8 Å². The molecule has 0 aliphatic carbocycles. The number of carbonyl (C=O) groups excluding carboxylic acids is 1. The van der Waals surface area contributed by atoms with Crippen molar-refractivity contribution >= 4 is 5.91 Å². The van der Waals surface area contributed by atoms with Crippen LogP contribution in [0.2, 0.25) is 0 Å². The van der Waals surface area contributed by atoms with Crippen LogP contribution in [-0.4, -0.2) is 55.3 Å². The Morgan fingerprint density at radius 2 is 1.96 bits per heavy atom. The molecule has 2 fully saturated rings. The fourth-order valence-electron chi connectivity index (χ4n) is 3.52. The number of para-hydroxylation sites is 1. The van der Waals surface area contributed by atoms with Gasteiger partial charge in [-0.3, -0.25) is 4.79 Å². The molecule has 0 radical (unpaired) electrons. The molecule has 5 nitrogen and oxygen atoms in total. The van der Waals surface area contributed by atoms with E-state index in [4.69, 9.17) is 9.47 Å². The van der Waals surface area contributed by atoms with Gasteiger partial charge in [0.2, 0.25) is 0 Å². The van der Waals surface area contributed by atoms with Crippen molar-refractivity contribution in [3.63, 3.8) is 0 Å². The maximum atomic E-state index is 13.1. The third-order valence-corrected chi connectivity index (χ3v) is 4.93. The Kier molecular flexibility index (Phi) is 5.41. The van der Waals surface area contributed by atoms with Gasteiger partial charge in [-0.1, -0.05) is 32.0 Å². The molecule has 2 aliphatic rings. The highest BCUT2D eigenvalue weighted by molar-refractivity contribution is 5.81. The lowest BCUT2D eigenvalue weighted by molar-refractivity contribution is -0.162. The summed E-state index contributed by atoms with van der Waals surface area (Å²) in [5.74, 6) is 0.939. The van der Waals surface area contributed by atoms with Crippen molar-refractivity contribution in [1.29, 1.82) is 0 Å².